The number of aliphatic hydroxyl groups is 1. The van der Waals surface area contributed by atoms with Crippen LogP contribution in [0.5, 0.6) is 0 Å². The summed E-state index contributed by atoms with van der Waals surface area (Å²) in [5.74, 6) is -1.06. The zero-order valence-electron chi connectivity index (χ0n) is 6.87. The van der Waals surface area contributed by atoms with Crippen LogP contribution in [0.3, 0.4) is 0 Å². The molecule has 0 amide bonds. The molecule has 4 nitrogen and oxygen atoms in total. The molecule has 0 fully saturated rings. The minimum absolute atomic E-state index is 0.0167. The first kappa shape index (κ1) is 10.4. The fourth-order valence-corrected chi connectivity index (χ4v) is 0.822. The van der Waals surface area contributed by atoms with Gasteiger partial charge in [-0.1, -0.05) is 6.92 Å². The second kappa shape index (κ2) is 5.09. The van der Waals surface area contributed by atoms with E-state index in [9.17, 15) is 9.90 Å². The highest BCUT2D eigenvalue weighted by atomic mass is 16.4. The number of hydrogen-bond acceptors (Lipinski definition) is 3. The van der Waals surface area contributed by atoms with Gasteiger partial charge in [0.2, 0.25) is 0 Å². The highest BCUT2D eigenvalue weighted by Crippen LogP contribution is 2.06. The van der Waals surface area contributed by atoms with Crippen LogP contribution in [0, 0.1) is 5.92 Å². The van der Waals surface area contributed by atoms with Crippen LogP contribution < -0.4 is 5.32 Å². The molecule has 3 N–H and O–H groups in total. The van der Waals surface area contributed by atoms with Gasteiger partial charge >= 0.3 is 5.97 Å². The summed E-state index contributed by atoms with van der Waals surface area (Å²) in [5, 5.41) is 20.4. The highest BCUT2D eigenvalue weighted by molar-refractivity contribution is 5.67. The minimum atomic E-state index is -0.868. The van der Waals surface area contributed by atoms with Gasteiger partial charge in [0.1, 0.15) is 0 Å². The van der Waals surface area contributed by atoms with Crippen LogP contribution in [0.15, 0.2) is 0 Å². The van der Waals surface area contributed by atoms with Crippen molar-refractivity contribution in [2.75, 3.05) is 13.6 Å². The average molecular weight is 161 g/mol. The Morgan fingerprint density at radius 1 is 1.64 bits per heavy atom. The van der Waals surface area contributed by atoms with Crippen molar-refractivity contribution in [2.24, 2.45) is 5.92 Å². The van der Waals surface area contributed by atoms with Crippen molar-refractivity contribution >= 4 is 5.97 Å². The molecule has 2 unspecified atom stereocenters. The van der Waals surface area contributed by atoms with Crippen LogP contribution in [0.25, 0.3) is 0 Å². The van der Waals surface area contributed by atoms with Gasteiger partial charge in [-0.3, -0.25) is 4.79 Å². The molecule has 0 bridgehead atoms. The molecular formula is C7H15NO3. The summed E-state index contributed by atoms with van der Waals surface area (Å²) in [6, 6.07) is 0. The molecule has 0 aliphatic carbocycles. The predicted octanol–water partition coefficient (Wildman–Crippen LogP) is -0.323. The van der Waals surface area contributed by atoms with Crippen molar-refractivity contribution in [1.29, 1.82) is 0 Å². The topological polar surface area (TPSA) is 69.6 Å². The first-order valence-electron chi connectivity index (χ1n) is 3.62. The smallest absolute Gasteiger partial charge is 0.303 e. The number of aliphatic hydroxyl groups excluding tert-OH is 1. The van der Waals surface area contributed by atoms with E-state index >= 15 is 0 Å². The lowest BCUT2D eigenvalue weighted by Crippen LogP contribution is -2.30. The zero-order valence-corrected chi connectivity index (χ0v) is 6.87. The van der Waals surface area contributed by atoms with Crippen LogP contribution in [-0.4, -0.2) is 35.9 Å². The van der Waals surface area contributed by atoms with Gasteiger partial charge in [-0.25, -0.2) is 0 Å². The second-order valence-electron chi connectivity index (χ2n) is 2.70. The summed E-state index contributed by atoms with van der Waals surface area (Å²) < 4.78 is 0. The lowest BCUT2D eigenvalue weighted by molar-refractivity contribution is -0.138. The number of rotatable bonds is 5. The van der Waals surface area contributed by atoms with Crippen molar-refractivity contribution in [2.45, 2.75) is 19.4 Å². The Morgan fingerprint density at radius 2 is 2.18 bits per heavy atom. The average Bonchev–Trinajstić information content (AvgIpc) is 1.86. The van der Waals surface area contributed by atoms with Gasteiger partial charge in [0, 0.05) is 6.54 Å². The molecule has 0 rings (SSSR count). The van der Waals surface area contributed by atoms with Gasteiger partial charge in [-0.15, -0.1) is 0 Å². The van der Waals surface area contributed by atoms with Crippen LogP contribution in [0.4, 0.5) is 0 Å². The molecule has 0 aliphatic rings. The molecule has 2 atom stereocenters. The zero-order chi connectivity index (χ0) is 8.85. The summed E-state index contributed by atoms with van der Waals surface area (Å²) >= 11 is 0. The molecule has 11 heavy (non-hydrogen) atoms. The van der Waals surface area contributed by atoms with Gasteiger partial charge < -0.3 is 15.5 Å². The maximum absolute atomic E-state index is 10.2. The molecule has 0 saturated heterocycles. The van der Waals surface area contributed by atoms with Crippen LogP contribution >= 0.6 is 0 Å². The Hall–Kier alpha value is -0.610. The molecule has 0 aromatic rings. The summed E-state index contributed by atoms with van der Waals surface area (Å²) in [5.41, 5.74) is 0. The molecule has 0 spiro atoms. The van der Waals surface area contributed by atoms with Gasteiger partial charge in [-0.2, -0.15) is 0 Å². The fraction of sp³-hybridized carbons (Fsp3) is 0.857. The van der Waals surface area contributed by atoms with E-state index in [1.807, 2.05) is 0 Å². The quantitative estimate of drug-likeness (QED) is 0.516. The van der Waals surface area contributed by atoms with E-state index in [1.165, 1.54) is 0 Å². The van der Waals surface area contributed by atoms with E-state index in [2.05, 4.69) is 5.32 Å². The summed E-state index contributed by atoms with van der Waals surface area (Å²) in [4.78, 5) is 10.2. The van der Waals surface area contributed by atoms with Gasteiger partial charge in [0.15, 0.2) is 0 Å². The molecule has 0 aromatic carbocycles. The molecule has 0 heterocycles. The molecule has 0 saturated carbocycles. The van der Waals surface area contributed by atoms with Gasteiger partial charge in [0.25, 0.3) is 0 Å². The van der Waals surface area contributed by atoms with Crippen LogP contribution in [0.1, 0.15) is 13.3 Å². The molecule has 0 aromatic heterocycles. The Bertz CT molecular complexity index is 127. The van der Waals surface area contributed by atoms with E-state index in [-0.39, 0.29) is 12.3 Å². The molecule has 66 valence electrons. The maximum Gasteiger partial charge on any atom is 0.303 e. The largest absolute Gasteiger partial charge is 0.481 e. The van der Waals surface area contributed by atoms with Gasteiger partial charge in [0.05, 0.1) is 12.5 Å². The highest BCUT2D eigenvalue weighted by Gasteiger charge is 2.15. The number of carboxylic acids is 1. The summed E-state index contributed by atoms with van der Waals surface area (Å²) in [6.07, 6.45) is -0.556. The fourth-order valence-electron chi connectivity index (χ4n) is 0.822. The second-order valence-corrected chi connectivity index (χ2v) is 2.70. The Balaban J connectivity index is 3.63. The standard InChI is InChI=1S/C7H15NO3/c1-5(3-7(10)11)6(9)4-8-2/h5-6,8-9H,3-4H2,1-2H3,(H,10,11). The molecular weight excluding hydrogens is 146 g/mol. The summed E-state index contributed by atoms with van der Waals surface area (Å²) in [6.45, 7) is 2.16. The number of carboxylic acid groups (broad SMARTS) is 1. The van der Waals surface area contributed by atoms with E-state index in [0.29, 0.717) is 6.54 Å². The Labute approximate surface area is 66.2 Å². The predicted molar refractivity (Wildman–Crippen MR) is 41.4 cm³/mol. The molecule has 0 radical (unpaired) electrons. The Kier molecular flexibility index (Phi) is 4.81. The van der Waals surface area contributed by atoms with E-state index in [0.717, 1.165) is 0 Å². The number of hydrogen-bond donors (Lipinski definition) is 3. The number of carbonyl (C=O) groups is 1. The maximum atomic E-state index is 10.2. The van der Waals surface area contributed by atoms with Crippen LogP contribution in [-0.2, 0) is 4.79 Å². The Morgan fingerprint density at radius 3 is 2.55 bits per heavy atom. The third kappa shape index (κ3) is 4.75. The van der Waals surface area contributed by atoms with Crippen molar-refractivity contribution < 1.29 is 15.0 Å². The lowest BCUT2D eigenvalue weighted by Gasteiger charge is -2.15. The van der Waals surface area contributed by atoms with Crippen molar-refractivity contribution in [1.82, 2.24) is 5.32 Å². The molecule has 0 aliphatic heterocycles. The lowest BCUT2D eigenvalue weighted by atomic mass is 10.0. The number of aliphatic carboxylic acids is 1. The van der Waals surface area contributed by atoms with Crippen molar-refractivity contribution in [3.63, 3.8) is 0 Å². The first-order valence-corrected chi connectivity index (χ1v) is 3.62. The third-order valence-electron chi connectivity index (χ3n) is 1.57. The van der Waals surface area contributed by atoms with Crippen molar-refractivity contribution in [3.05, 3.63) is 0 Å². The van der Waals surface area contributed by atoms with E-state index < -0.39 is 12.1 Å². The monoisotopic (exact) mass is 161 g/mol. The van der Waals surface area contributed by atoms with E-state index in [4.69, 9.17) is 5.11 Å². The normalized spacial score (nSPS) is 15.9. The van der Waals surface area contributed by atoms with E-state index in [1.54, 1.807) is 14.0 Å². The van der Waals surface area contributed by atoms with Crippen molar-refractivity contribution in [3.8, 4) is 0 Å². The summed E-state index contributed by atoms with van der Waals surface area (Å²) in [7, 11) is 1.72. The SMILES string of the molecule is CNCC(O)C(C)CC(=O)O. The van der Waals surface area contributed by atoms with Gasteiger partial charge in [-0.05, 0) is 13.0 Å². The molecule has 4 heteroatoms. The third-order valence-corrected chi connectivity index (χ3v) is 1.57. The number of likely N-dealkylation sites (N-methyl/N-ethyl adjacent to an activating group) is 1. The van der Waals surface area contributed by atoms with Crippen LogP contribution in [0.2, 0.25) is 0 Å². The number of nitrogens with one attached hydrogen (secondary N) is 1. The minimum Gasteiger partial charge on any atom is -0.481 e. The first-order chi connectivity index (χ1) is 5.07.